The van der Waals surface area contributed by atoms with Gasteiger partial charge in [-0.25, -0.2) is 0 Å². The summed E-state index contributed by atoms with van der Waals surface area (Å²) < 4.78 is 0. The van der Waals surface area contributed by atoms with Crippen molar-refractivity contribution in [2.24, 2.45) is 0 Å². The Morgan fingerprint density at radius 3 is 1.31 bits per heavy atom. The van der Waals surface area contributed by atoms with Crippen molar-refractivity contribution in [3.05, 3.63) is 338 Å². The molecule has 0 aromatic heterocycles. The molecule has 0 spiro atoms. The van der Waals surface area contributed by atoms with E-state index >= 15 is 0 Å². The predicted molar refractivity (Wildman–Crippen MR) is 324 cm³/mol. The minimum Gasteiger partial charge on any atom is -0.310 e. The normalized spacial score (nSPS) is 12.3. The van der Waals surface area contributed by atoms with Crippen LogP contribution in [-0.4, -0.2) is 0 Å². The molecular weight excluding hydrogens is 929 g/mol. The van der Waals surface area contributed by atoms with Gasteiger partial charge in [-0.05, 0) is 144 Å². The van der Waals surface area contributed by atoms with Gasteiger partial charge in [-0.3, -0.25) is 0 Å². The van der Waals surface area contributed by atoms with Gasteiger partial charge in [-0.2, -0.15) is 0 Å². The fourth-order valence-electron chi connectivity index (χ4n) is 12.1. The highest BCUT2D eigenvalue weighted by atomic mass is 15.2. The second-order valence-corrected chi connectivity index (χ2v) is 20.0. The first kappa shape index (κ1) is 45.6. The second kappa shape index (κ2) is 19.4. The lowest BCUT2D eigenvalue weighted by atomic mass is 9.67. The average Bonchev–Trinajstić information content (AvgIpc) is 3.98. The monoisotopic (exact) mass is 980 g/mol. The van der Waals surface area contributed by atoms with Crippen molar-refractivity contribution < 1.29 is 0 Å². The molecule has 0 unspecified atom stereocenters. The molecule has 0 atom stereocenters. The molecule has 13 aromatic carbocycles. The summed E-state index contributed by atoms with van der Waals surface area (Å²) >= 11 is 0. The third-order valence-corrected chi connectivity index (χ3v) is 15.7. The molecule has 362 valence electrons. The van der Waals surface area contributed by atoms with Gasteiger partial charge in [0.05, 0.1) is 16.8 Å². The fourth-order valence-corrected chi connectivity index (χ4v) is 12.1. The van der Waals surface area contributed by atoms with Gasteiger partial charge in [0.1, 0.15) is 0 Å². The summed E-state index contributed by atoms with van der Waals surface area (Å²) in [6.07, 6.45) is 0. The number of hydrogen-bond acceptors (Lipinski definition) is 2. The lowest BCUT2D eigenvalue weighted by molar-refractivity contribution is 0.768. The van der Waals surface area contributed by atoms with Crippen LogP contribution >= 0.6 is 0 Å². The summed E-state index contributed by atoms with van der Waals surface area (Å²) in [6, 6.07) is 116. The molecule has 0 saturated carbocycles. The zero-order valence-corrected chi connectivity index (χ0v) is 42.4. The molecule has 0 amide bonds. The van der Waals surface area contributed by atoms with Crippen molar-refractivity contribution in [3.8, 4) is 44.5 Å². The quantitative estimate of drug-likeness (QED) is 0.127. The fraction of sp³-hybridized carbons (Fsp3) is 0.0133. The van der Waals surface area contributed by atoms with Gasteiger partial charge in [0, 0.05) is 33.9 Å². The Hall–Kier alpha value is -10.0. The van der Waals surface area contributed by atoms with Gasteiger partial charge in [0.2, 0.25) is 0 Å². The van der Waals surface area contributed by atoms with Crippen LogP contribution < -0.4 is 9.80 Å². The smallest absolute Gasteiger partial charge is 0.0714 e. The van der Waals surface area contributed by atoms with Gasteiger partial charge >= 0.3 is 0 Å². The van der Waals surface area contributed by atoms with Crippen LogP contribution in [0.5, 0.6) is 0 Å². The van der Waals surface area contributed by atoms with E-state index in [1.165, 1.54) is 54.9 Å². The highest BCUT2D eigenvalue weighted by Crippen LogP contribution is 2.58. The minimum atomic E-state index is -0.547. The van der Waals surface area contributed by atoms with E-state index in [0.29, 0.717) is 0 Å². The summed E-state index contributed by atoms with van der Waals surface area (Å²) in [5, 5.41) is 4.82. The highest BCUT2D eigenvalue weighted by molar-refractivity contribution is 6.00. The van der Waals surface area contributed by atoms with Crippen LogP contribution in [-0.2, 0) is 5.41 Å². The molecule has 13 aromatic rings. The van der Waals surface area contributed by atoms with E-state index in [1.807, 2.05) is 0 Å². The Balaban J connectivity index is 0.897. The summed E-state index contributed by atoms with van der Waals surface area (Å²) in [5.41, 5.74) is 20.6. The van der Waals surface area contributed by atoms with Gasteiger partial charge in [0.15, 0.2) is 0 Å². The van der Waals surface area contributed by atoms with Gasteiger partial charge in [-0.1, -0.05) is 249 Å². The van der Waals surface area contributed by atoms with Gasteiger partial charge in [0.25, 0.3) is 0 Å². The van der Waals surface area contributed by atoms with Crippen molar-refractivity contribution in [2.45, 2.75) is 5.41 Å². The zero-order valence-electron chi connectivity index (χ0n) is 42.4. The summed E-state index contributed by atoms with van der Waals surface area (Å²) in [7, 11) is 0. The maximum Gasteiger partial charge on any atom is 0.0714 e. The lowest BCUT2D eigenvalue weighted by Crippen LogP contribution is -2.28. The molecular formula is C75H52N2. The van der Waals surface area contributed by atoms with Gasteiger partial charge in [-0.15, -0.1) is 0 Å². The van der Waals surface area contributed by atoms with E-state index in [4.69, 9.17) is 0 Å². The van der Waals surface area contributed by atoms with Crippen molar-refractivity contribution in [1.29, 1.82) is 0 Å². The summed E-state index contributed by atoms with van der Waals surface area (Å²) in [6.45, 7) is 0. The predicted octanol–water partition coefficient (Wildman–Crippen LogP) is 20.3. The topological polar surface area (TPSA) is 6.48 Å². The Labute approximate surface area is 450 Å². The van der Waals surface area contributed by atoms with E-state index in [-0.39, 0.29) is 0 Å². The van der Waals surface area contributed by atoms with Crippen molar-refractivity contribution in [2.75, 3.05) is 9.80 Å². The highest BCUT2D eigenvalue weighted by Gasteiger charge is 2.46. The number of rotatable bonds is 11. The molecule has 14 rings (SSSR count). The first-order valence-electron chi connectivity index (χ1n) is 26.6. The molecule has 0 radical (unpaired) electrons. The van der Waals surface area contributed by atoms with E-state index < -0.39 is 5.41 Å². The van der Waals surface area contributed by atoms with Crippen LogP contribution in [0.1, 0.15) is 22.3 Å². The molecule has 1 aliphatic carbocycles. The molecule has 1 aliphatic rings. The molecule has 0 bridgehead atoms. The lowest BCUT2D eigenvalue weighted by Gasteiger charge is -2.35. The zero-order chi connectivity index (χ0) is 51.1. The van der Waals surface area contributed by atoms with Crippen LogP contribution in [0, 0.1) is 0 Å². The number of nitrogens with zero attached hydrogens (tertiary/aromatic N) is 2. The van der Waals surface area contributed by atoms with Crippen molar-refractivity contribution in [1.82, 2.24) is 0 Å². The van der Waals surface area contributed by atoms with E-state index in [2.05, 4.69) is 325 Å². The average molecular weight is 981 g/mol. The first-order valence-corrected chi connectivity index (χ1v) is 26.6. The number of para-hydroxylation sites is 2. The molecule has 0 saturated heterocycles. The molecule has 2 heteroatoms. The Kier molecular flexibility index (Phi) is 11.5. The van der Waals surface area contributed by atoms with E-state index in [9.17, 15) is 0 Å². The third-order valence-electron chi connectivity index (χ3n) is 15.7. The molecule has 0 heterocycles. The van der Waals surface area contributed by atoms with Crippen LogP contribution in [0.2, 0.25) is 0 Å². The number of fused-ring (bicyclic) bond motifs is 5. The summed E-state index contributed by atoms with van der Waals surface area (Å²) in [4.78, 5) is 4.86. The SMILES string of the molecule is c1ccc(-c2cc3ccccc3cc2N(c2ccc(-c3ccc(-c4ccccc4N(c4ccccc4)c4ccc5ccccc5c4)cc3)cc2)c2ccc3c(c2)C(c2ccccc2)(c2ccccc2)c2ccccc2-3)cc1. The van der Waals surface area contributed by atoms with Crippen LogP contribution in [0.15, 0.2) is 315 Å². The molecule has 77 heavy (non-hydrogen) atoms. The standard InChI is InChI=1S/C75H52N2/c1-5-22-56(23-6-1)70-50-59-25-15-16-26-60(59)51-74(70)77(66-47-48-69-68-34-17-19-35-71(68)75(72(69)52-66,61-27-7-2-8-28-61)62-29-9-3-10-30-62)64-44-41-55(42-45-64)54-37-39-57(40-38-54)67-33-18-20-36-73(67)76(63-31-11-4-12-32-63)65-46-43-53-21-13-14-24-58(53)49-65/h1-52H. The molecule has 0 fully saturated rings. The van der Waals surface area contributed by atoms with Crippen molar-refractivity contribution >= 4 is 55.7 Å². The third kappa shape index (κ3) is 7.98. The van der Waals surface area contributed by atoms with E-state index in [0.717, 1.165) is 67.5 Å². The van der Waals surface area contributed by atoms with Crippen LogP contribution in [0.25, 0.3) is 66.1 Å². The summed E-state index contributed by atoms with van der Waals surface area (Å²) in [5.74, 6) is 0. The molecule has 2 nitrogen and oxygen atoms in total. The first-order chi connectivity index (χ1) is 38.2. The van der Waals surface area contributed by atoms with Crippen molar-refractivity contribution in [3.63, 3.8) is 0 Å². The number of benzene rings is 13. The van der Waals surface area contributed by atoms with Crippen LogP contribution in [0.4, 0.5) is 34.1 Å². The number of hydrogen-bond donors (Lipinski definition) is 0. The maximum atomic E-state index is 2.48. The van der Waals surface area contributed by atoms with Gasteiger partial charge < -0.3 is 9.80 Å². The Bertz CT molecular complexity index is 4210. The Morgan fingerprint density at radius 2 is 0.636 bits per heavy atom. The molecule has 0 aliphatic heterocycles. The Morgan fingerprint density at radius 1 is 0.208 bits per heavy atom. The van der Waals surface area contributed by atoms with Crippen LogP contribution in [0.3, 0.4) is 0 Å². The minimum absolute atomic E-state index is 0.547. The largest absolute Gasteiger partial charge is 0.310 e. The second-order valence-electron chi connectivity index (χ2n) is 20.0. The molecule has 0 N–H and O–H groups in total. The van der Waals surface area contributed by atoms with E-state index in [1.54, 1.807) is 0 Å². The number of anilines is 6. The maximum absolute atomic E-state index is 2.48.